The molecular weight excluding hydrogens is 250 g/mol. The number of benzene rings is 1. The van der Waals surface area contributed by atoms with E-state index in [1.807, 2.05) is 55.6 Å². The fourth-order valence-electron chi connectivity index (χ4n) is 2.30. The Morgan fingerprint density at radius 3 is 2.95 bits per heavy atom. The van der Waals surface area contributed by atoms with Crippen LogP contribution in [0.15, 0.2) is 48.7 Å². The Kier molecular flexibility index (Phi) is 3.29. The predicted molar refractivity (Wildman–Crippen MR) is 80.2 cm³/mol. The lowest BCUT2D eigenvalue weighted by Crippen LogP contribution is -2.04. The van der Waals surface area contributed by atoms with Crippen LogP contribution in [-0.2, 0) is 6.54 Å². The fraction of sp³-hybridized carbons (Fsp3) is 0.188. The molecular formula is C16H17N3O. The van der Waals surface area contributed by atoms with Crippen molar-refractivity contribution in [2.75, 3.05) is 12.4 Å². The second kappa shape index (κ2) is 5.25. The number of aryl methyl sites for hydroxylation is 1. The van der Waals surface area contributed by atoms with Crippen LogP contribution in [0.3, 0.4) is 0 Å². The van der Waals surface area contributed by atoms with E-state index >= 15 is 0 Å². The fourth-order valence-corrected chi connectivity index (χ4v) is 2.30. The Morgan fingerprint density at radius 1 is 1.20 bits per heavy atom. The number of ether oxygens (including phenoxy) is 1. The summed E-state index contributed by atoms with van der Waals surface area (Å²) in [6.45, 7) is 2.76. The molecule has 3 aromatic rings. The van der Waals surface area contributed by atoms with Crippen LogP contribution >= 0.6 is 0 Å². The maximum Gasteiger partial charge on any atom is 0.137 e. The summed E-state index contributed by atoms with van der Waals surface area (Å²) in [5.41, 5.74) is 4.23. The highest BCUT2D eigenvalue weighted by molar-refractivity contribution is 5.49. The van der Waals surface area contributed by atoms with Gasteiger partial charge in [-0.25, -0.2) is 4.98 Å². The number of rotatable bonds is 4. The minimum atomic E-state index is 0.726. The number of aromatic nitrogens is 2. The monoisotopic (exact) mass is 267 g/mol. The molecule has 0 aliphatic carbocycles. The van der Waals surface area contributed by atoms with Gasteiger partial charge in [0, 0.05) is 18.0 Å². The van der Waals surface area contributed by atoms with Crippen LogP contribution in [0.25, 0.3) is 5.65 Å². The van der Waals surface area contributed by atoms with E-state index in [9.17, 15) is 0 Å². The van der Waals surface area contributed by atoms with Crippen molar-refractivity contribution in [1.82, 2.24) is 9.38 Å². The summed E-state index contributed by atoms with van der Waals surface area (Å²) in [4.78, 5) is 4.56. The van der Waals surface area contributed by atoms with Gasteiger partial charge < -0.3 is 14.5 Å². The van der Waals surface area contributed by atoms with E-state index in [1.54, 1.807) is 7.11 Å². The van der Waals surface area contributed by atoms with E-state index < -0.39 is 0 Å². The SMILES string of the molecule is COc1cccc(NCc2c(C)nc3ccccn23)c1. The van der Waals surface area contributed by atoms with E-state index in [0.29, 0.717) is 0 Å². The normalized spacial score (nSPS) is 10.7. The standard InChI is InChI=1S/C16H17N3O/c1-12-15(19-9-4-3-8-16(19)18-12)11-17-13-6-5-7-14(10-13)20-2/h3-10,17H,11H2,1-2H3. The number of anilines is 1. The van der Waals surface area contributed by atoms with Crippen LogP contribution in [0.5, 0.6) is 5.75 Å². The third kappa shape index (κ3) is 2.32. The van der Waals surface area contributed by atoms with Gasteiger partial charge in [-0.15, -0.1) is 0 Å². The van der Waals surface area contributed by atoms with Crippen molar-refractivity contribution < 1.29 is 4.74 Å². The molecule has 20 heavy (non-hydrogen) atoms. The van der Waals surface area contributed by atoms with E-state index in [1.165, 1.54) is 5.69 Å². The van der Waals surface area contributed by atoms with Gasteiger partial charge in [0.25, 0.3) is 0 Å². The van der Waals surface area contributed by atoms with Crippen molar-refractivity contribution in [2.45, 2.75) is 13.5 Å². The number of hydrogen-bond donors (Lipinski definition) is 1. The summed E-state index contributed by atoms with van der Waals surface area (Å²) in [7, 11) is 1.67. The first kappa shape index (κ1) is 12.5. The van der Waals surface area contributed by atoms with Gasteiger partial charge in [-0.05, 0) is 31.2 Å². The van der Waals surface area contributed by atoms with E-state index in [4.69, 9.17) is 4.74 Å². The van der Waals surface area contributed by atoms with Crippen molar-refractivity contribution >= 4 is 11.3 Å². The number of hydrogen-bond acceptors (Lipinski definition) is 3. The Balaban J connectivity index is 1.84. The highest BCUT2D eigenvalue weighted by Gasteiger charge is 2.07. The summed E-state index contributed by atoms with van der Waals surface area (Å²) in [5, 5.41) is 3.41. The molecule has 3 rings (SSSR count). The van der Waals surface area contributed by atoms with Gasteiger partial charge in [-0.1, -0.05) is 12.1 Å². The van der Waals surface area contributed by atoms with Gasteiger partial charge in [0.1, 0.15) is 11.4 Å². The molecule has 0 spiro atoms. The minimum Gasteiger partial charge on any atom is -0.497 e. The molecule has 2 aromatic heterocycles. The molecule has 0 amide bonds. The van der Waals surface area contributed by atoms with Gasteiger partial charge >= 0.3 is 0 Å². The maximum atomic E-state index is 5.23. The third-order valence-electron chi connectivity index (χ3n) is 3.36. The highest BCUT2D eigenvalue weighted by atomic mass is 16.5. The van der Waals surface area contributed by atoms with Gasteiger partial charge in [0.15, 0.2) is 0 Å². The molecule has 102 valence electrons. The Labute approximate surface area is 118 Å². The first-order chi connectivity index (χ1) is 9.78. The molecule has 0 radical (unpaired) electrons. The van der Waals surface area contributed by atoms with Crippen molar-refractivity contribution in [2.24, 2.45) is 0 Å². The van der Waals surface area contributed by atoms with Gasteiger partial charge in [-0.3, -0.25) is 0 Å². The number of nitrogens with one attached hydrogen (secondary N) is 1. The van der Waals surface area contributed by atoms with Crippen LogP contribution < -0.4 is 10.1 Å². The Hall–Kier alpha value is -2.49. The van der Waals surface area contributed by atoms with Crippen LogP contribution in [0.1, 0.15) is 11.4 Å². The molecule has 1 N–H and O–H groups in total. The third-order valence-corrected chi connectivity index (χ3v) is 3.36. The van der Waals surface area contributed by atoms with Crippen molar-refractivity contribution in [3.63, 3.8) is 0 Å². The quantitative estimate of drug-likeness (QED) is 0.788. The van der Waals surface area contributed by atoms with Gasteiger partial charge in [-0.2, -0.15) is 0 Å². The van der Waals surface area contributed by atoms with Crippen LogP contribution in [0, 0.1) is 6.92 Å². The molecule has 0 unspecified atom stereocenters. The zero-order chi connectivity index (χ0) is 13.9. The number of methoxy groups -OCH3 is 1. The lowest BCUT2D eigenvalue weighted by Gasteiger charge is -2.08. The molecule has 2 heterocycles. The molecule has 0 saturated heterocycles. The van der Waals surface area contributed by atoms with E-state index in [2.05, 4.69) is 14.7 Å². The lowest BCUT2D eigenvalue weighted by atomic mass is 10.3. The van der Waals surface area contributed by atoms with Crippen molar-refractivity contribution in [3.8, 4) is 5.75 Å². The van der Waals surface area contributed by atoms with Crippen LogP contribution in [0.2, 0.25) is 0 Å². The summed E-state index contributed by atoms with van der Waals surface area (Å²) in [5.74, 6) is 0.852. The van der Waals surface area contributed by atoms with Gasteiger partial charge in [0.05, 0.1) is 25.0 Å². The Bertz CT molecular complexity index is 733. The molecule has 0 bridgehead atoms. The lowest BCUT2D eigenvalue weighted by molar-refractivity contribution is 0.415. The smallest absolute Gasteiger partial charge is 0.137 e. The Morgan fingerprint density at radius 2 is 2.10 bits per heavy atom. The summed E-state index contributed by atoms with van der Waals surface area (Å²) in [6, 6.07) is 14.0. The number of pyridine rings is 1. The zero-order valence-corrected chi connectivity index (χ0v) is 11.6. The molecule has 0 aliphatic heterocycles. The topological polar surface area (TPSA) is 38.6 Å². The van der Waals surface area contributed by atoms with E-state index in [0.717, 1.165) is 29.3 Å². The van der Waals surface area contributed by atoms with Crippen LogP contribution in [0.4, 0.5) is 5.69 Å². The summed E-state index contributed by atoms with van der Waals surface area (Å²) in [6.07, 6.45) is 2.04. The summed E-state index contributed by atoms with van der Waals surface area (Å²) >= 11 is 0. The molecule has 0 aliphatic rings. The molecule has 0 saturated carbocycles. The molecule has 0 atom stereocenters. The first-order valence-electron chi connectivity index (χ1n) is 6.58. The van der Waals surface area contributed by atoms with E-state index in [-0.39, 0.29) is 0 Å². The second-order valence-electron chi connectivity index (χ2n) is 4.66. The summed E-state index contributed by atoms with van der Waals surface area (Å²) < 4.78 is 7.34. The van der Waals surface area contributed by atoms with Crippen LogP contribution in [-0.4, -0.2) is 16.5 Å². The number of nitrogens with zero attached hydrogens (tertiary/aromatic N) is 2. The highest BCUT2D eigenvalue weighted by Crippen LogP contribution is 2.18. The number of fused-ring (bicyclic) bond motifs is 1. The maximum absolute atomic E-state index is 5.23. The average Bonchev–Trinajstić information content (AvgIpc) is 2.81. The first-order valence-corrected chi connectivity index (χ1v) is 6.58. The van der Waals surface area contributed by atoms with Crippen molar-refractivity contribution in [1.29, 1.82) is 0 Å². The largest absolute Gasteiger partial charge is 0.497 e. The second-order valence-corrected chi connectivity index (χ2v) is 4.66. The average molecular weight is 267 g/mol. The predicted octanol–water partition coefficient (Wildman–Crippen LogP) is 3.26. The molecule has 1 aromatic carbocycles. The zero-order valence-electron chi connectivity index (χ0n) is 11.6. The molecule has 4 heteroatoms. The minimum absolute atomic E-state index is 0.726. The number of imidazole rings is 1. The van der Waals surface area contributed by atoms with Gasteiger partial charge in [0.2, 0.25) is 0 Å². The molecule has 0 fully saturated rings. The van der Waals surface area contributed by atoms with Crippen molar-refractivity contribution in [3.05, 3.63) is 60.0 Å². The molecule has 4 nitrogen and oxygen atoms in total.